The van der Waals surface area contributed by atoms with Crippen molar-refractivity contribution in [3.63, 3.8) is 0 Å². The standard InChI is InChI=1S/C10H6NO2/c12-9-6-7-10(13)11(9)8-4-2-1-3-5-8/h2-7H. The Morgan fingerprint density at radius 2 is 1.54 bits per heavy atom. The maximum Gasteiger partial charge on any atom is 0.258 e. The van der Waals surface area contributed by atoms with E-state index in [1.807, 2.05) is 0 Å². The molecule has 0 spiro atoms. The van der Waals surface area contributed by atoms with Crippen molar-refractivity contribution in [1.82, 2.24) is 0 Å². The van der Waals surface area contributed by atoms with Gasteiger partial charge in [0.05, 0.1) is 5.69 Å². The Labute approximate surface area is 75.3 Å². The smallest absolute Gasteiger partial charge is 0.258 e. The molecule has 0 N–H and O–H groups in total. The summed E-state index contributed by atoms with van der Waals surface area (Å²) < 4.78 is 0. The largest absolute Gasteiger partial charge is 0.269 e. The molecule has 0 bridgehead atoms. The average molecular weight is 172 g/mol. The SMILES string of the molecule is O=C1C=CC(=O)N1c1cc[c]cc1. The Morgan fingerprint density at radius 1 is 1.00 bits per heavy atom. The van der Waals surface area contributed by atoms with E-state index in [1.165, 1.54) is 12.2 Å². The van der Waals surface area contributed by atoms with Crippen LogP contribution in [0.4, 0.5) is 5.69 Å². The Bertz CT molecular complexity index is 363. The molecule has 0 aliphatic carbocycles. The predicted molar refractivity (Wildman–Crippen MR) is 46.9 cm³/mol. The lowest BCUT2D eigenvalue weighted by Crippen LogP contribution is -2.29. The normalized spacial score (nSPS) is 15.5. The fourth-order valence-electron chi connectivity index (χ4n) is 1.18. The molecule has 1 aromatic carbocycles. The zero-order chi connectivity index (χ0) is 9.26. The van der Waals surface area contributed by atoms with E-state index in [2.05, 4.69) is 6.07 Å². The van der Waals surface area contributed by atoms with E-state index in [0.717, 1.165) is 4.90 Å². The molecule has 63 valence electrons. The van der Waals surface area contributed by atoms with Gasteiger partial charge < -0.3 is 0 Å². The third kappa shape index (κ3) is 1.24. The third-order valence-corrected chi connectivity index (χ3v) is 1.77. The molecule has 1 aromatic rings. The quantitative estimate of drug-likeness (QED) is 0.590. The highest BCUT2D eigenvalue weighted by Gasteiger charge is 2.24. The van der Waals surface area contributed by atoms with Crippen molar-refractivity contribution >= 4 is 17.5 Å². The van der Waals surface area contributed by atoms with Crippen LogP contribution in [0.25, 0.3) is 0 Å². The summed E-state index contributed by atoms with van der Waals surface area (Å²) in [6, 6.07) is 9.48. The van der Waals surface area contributed by atoms with Crippen molar-refractivity contribution in [2.75, 3.05) is 4.90 Å². The number of amides is 2. The van der Waals surface area contributed by atoms with Gasteiger partial charge >= 0.3 is 0 Å². The van der Waals surface area contributed by atoms with Crippen LogP contribution in [0, 0.1) is 6.07 Å². The molecule has 3 heteroatoms. The Balaban J connectivity index is 2.38. The highest BCUT2D eigenvalue weighted by molar-refractivity contribution is 6.28. The van der Waals surface area contributed by atoms with Crippen molar-refractivity contribution in [3.05, 3.63) is 42.5 Å². The maximum absolute atomic E-state index is 11.2. The van der Waals surface area contributed by atoms with Gasteiger partial charge in [-0.05, 0) is 18.2 Å². The molecule has 3 nitrogen and oxygen atoms in total. The van der Waals surface area contributed by atoms with E-state index < -0.39 is 0 Å². The molecule has 0 atom stereocenters. The van der Waals surface area contributed by atoms with Crippen LogP contribution in [0.15, 0.2) is 36.4 Å². The van der Waals surface area contributed by atoms with E-state index in [-0.39, 0.29) is 11.8 Å². The van der Waals surface area contributed by atoms with Crippen LogP contribution in [0.1, 0.15) is 0 Å². The zero-order valence-corrected chi connectivity index (χ0v) is 6.73. The second kappa shape index (κ2) is 2.86. The number of carbonyl (C=O) groups is 2. The summed E-state index contributed by atoms with van der Waals surface area (Å²) in [4.78, 5) is 23.5. The van der Waals surface area contributed by atoms with Gasteiger partial charge in [0.2, 0.25) is 0 Å². The van der Waals surface area contributed by atoms with Crippen molar-refractivity contribution in [3.8, 4) is 0 Å². The number of carbonyl (C=O) groups excluding carboxylic acids is 2. The summed E-state index contributed by atoms with van der Waals surface area (Å²) in [7, 11) is 0. The lowest BCUT2D eigenvalue weighted by Gasteiger charge is -2.12. The molecule has 0 saturated carbocycles. The molecule has 0 saturated heterocycles. The third-order valence-electron chi connectivity index (χ3n) is 1.77. The second-order valence-corrected chi connectivity index (χ2v) is 2.60. The molecule has 0 fully saturated rings. The summed E-state index contributed by atoms with van der Waals surface area (Å²) in [5.74, 6) is -0.590. The van der Waals surface area contributed by atoms with Crippen molar-refractivity contribution in [2.45, 2.75) is 0 Å². The lowest BCUT2D eigenvalue weighted by atomic mass is 10.3. The van der Waals surface area contributed by atoms with Crippen LogP contribution in [-0.2, 0) is 9.59 Å². The average Bonchev–Trinajstić information content (AvgIpc) is 2.48. The number of imide groups is 1. The first-order chi connectivity index (χ1) is 6.29. The van der Waals surface area contributed by atoms with E-state index in [1.54, 1.807) is 24.3 Å². The van der Waals surface area contributed by atoms with Crippen LogP contribution in [0.3, 0.4) is 0 Å². The van der Waals surface area contributed by atoms with Crippen molar-refractivity contribution in [1.29, 1.82) is 0 Å². The molecule has 1 aliphatic heterocycles. The van der Waals surface area contributed by atoms with Crippen LogP contribution < -0.4 is 4.90 Å². The van der Waals surface area contributed by atoms with Gasteiger partial charge in [0.15, 0.2) is 0 Å². The number of benzene rings is 1. The van der Waals surface area contributed by atoms with E-state index >= 15 is 0 Å². The summed E-state index contributed by atoms with van der Waals surface area (Å²) in [6.07, 6.45) is 2.53. The lowest BCUT2D eigenvalue weighted by molar-refractivity contribution is -0.119. The number of anilines is 1. The fraction of sp³-hybridized carbons (Fsp3) is 0. The first kappa shape index (κ1) is 7.73. The first-order valence-corrected chi connectivity index (χ1v) is 3.81. The molecule has 1 heterocycles. The van der Waals surface area contributed by atoms with E-state index in [4.69, 9.17) is 0 Å². The van der Waals surface area contributed by atoms with Gasteiger partial charge in [-0.3, -0.25) is 9.59 Å². The Morgan fingerprint density at radius 3 is 2.08 bits per heavy atom. The Kier molecular flexibility index (Phi) is 1.70. The number of hydrogen-bond donors (Lipinski definition) is 0. The molecule has 1 radical (unpaired) electrons. The van der Waals surface area contributed by atoms with Gasteiger partial charge in [-0.15, -0.1) is 0 Å². The molecule has 13 heavy (non-hydrogen) atoms. The van der Waals surface area contributed by atoms with Crippen LogP contribution in [0.5, 0.6) is 0 Å². The van der Waals surface area contributed by atoms with Gasteiger partial charge in [-0.1, -0.05) is 12.1 Å². The van der Waals surface area contributed by atoms with Crippen LogP contribution >= 0.6 is 0 Å². The minimum atomic E-state index is -0.295. The summed E-state index contributed by atoms with van der Waals surface area (Å²) in [5.41, 5.74) is 0.582. The summed E-state index contributed by atoms with van der Waals surface area (Å²) in [6.45, 7) is 0. The number of hydrogen-bond acceptors (Lipinski definition) is 2. The van der Waals surface area contributed by atoms with Crippen molar-refractivity contribution < 1.29 is 9.59 Å². The summed E-state index contributed by atoms with van der Waals surface area (Å²) >= 11 is 0. The molecular weight excluding hydrogens is 166 g/mol. The molecule has 1 aliphatic rings. The highest BCUT2D eigenvalue weighted by Crippen LogP contribution is 2.17. The molecule has 2 amide bonds. The van der Waals surface area contributed by atoms with Gasteiger partial charge in [0.25, 0.3) is 11.8 Å². The monoisotopic (exact) mass is 172 g/mol. The van der Waals surface area contributed by atoms with Crippen LogP contribution in [0.2, 0.25) is 0 Å². The van der Waals surface area contributed by atoms with E-state index in [9.17, 15) is 9.59 Å². The predicted octanol–water partition coefficient (Wildman–Crippen LogP) is 0.916. The van der Waals surface area contributed by atoms with Crippen LogP contribution in [-0.4, -0.2) is 11.8 Å². The summed E-state index contributed by atoms with van der Waals surface area (Å²) in [5, 5.41) is 0. The zero-order valence-electron chi connectivity index (χ0n) is 6.73. The molecule has 0 aromatic heterocycles. The minimum absolute atomic E-state index is 0.295. The second-order valence-electron chi connectivity index (χ2n) is 2.60. The Hall–Kier alpha value is -1.90. The van der Waals surface area contributed by atoms with Gasteiger partial charge in [-0.2, -0.15) is 0 Å². The fourth-order valence-corrected chi connectivity index (χ4v) is 1.18. The van der Waals surface area contributed by atoms with Gasteiger partial charge in [0, 0.05) is 12.2 Å². The number of rotatable bonds is 1. The molecule has 2 rings (SSSR count). The molecular formula is C10H6NO2. The maximum atomic E-state index is 11.2. The number of nitrogens with zero attached hydrogens (tertiary/aromatic N) is 1. The first-order valence-electron chi connectivity index (χ1n) is 3.81. The minimum Gasteiger partial charge on any atom is -0.269 e. The van der Waals surface area contributed by atoms with Gasteiger partial charge in [0.1, 0.15) is 0 Å². The molecule has 0 unspecified atom stereocenters. The topological polar surface area (TPSA) is 37.4 Å². The van der Waals surface area contributed by atoms with Crippen molar-refractivity contribution in [2.24, 2.45) is 0 Å². The highest BCUT2D eigenvalue weighted by atomic mass is 16.2. The van der Waals surface area contributed by atoms with E-state index in [0.29, 0.717) is 5.69 Å². The van der Waals surface area contributed by atoms with Gasteiger partial charge in [-0.25, -0.2) is 4.90 Å².